The highest BCUT2D eigenvalue weighted by Crippen LogP contribution is 2.39. The van der Waals surface area contributed by atoms with Gasteiger partial charge >= 0.3 is 0 Å². The van der Waals surface area contributed by atoms with E-state index in [9.17, 15) is 8.42 Å². The van der Waals surface area contributed by atoms with Crippen molar-refractivity contribution >= 4 is 27.0 Å². The third kappa shape index (κ3) is 3.77. The summed E-state index contributed by atoms with van der Waals surface area (Å²) in [6.45, 7) is 4.44. The highest BCUT2D eigenvalue weighted by Gasteiger charge is 2.32. The number of rotatable bonds is 6. The summed E-state index contributed by atoms with van der Waals surface area (Å²) in [5.41, 5.74) is 4.61. The van der Waals surface area contributed by atoms with Crippen molar-refractivity contribution in [2.45, 2.75) is 26.3 Å². The van der Waals surface area contributed by atoms with Gasteiger partial charge in [0.1, 0.15) is 5.01 Å². The Bertz CT molecular complexity index is 1190. The molecule has 1 aliphatic rings. The largest absolute Gasteiger partial charge is 0.493 e. The summed E-state index contributed by atoms with van der Waals surface area (Å²) in [6, 6.07) is 11.6. The minimum absolute atomic E-state index is 0.0763. The van der Waals surface area contributed by atoms with Crippen molar-refractivity contribution in [2.75, 3.05) is 24.3 Å². The van der Waals surface area contributed by atoms with Gasteiger partial charge in [-0.3, -0.25) is 4.31 Å². The lowest BCUT2D eigenvalue weighted by Crippen LogP contribution is -2.34. The number of benzene rings is 2. The Morgan fingerprint density at radius 2 is 1.93 bits per heavy atom. The van der Waals surface area contributed by atoms with Crippen molar-refractivity contribution in [1.29, 1.82) is 0 Å². The SMILES string of the molecule is CCOc1ccc(-c2nc(-c3ccc4c(c3)C[C@H](C)N4S(C)(=O)=O)cs2)cc1OC. The Kier molecular flexibility index (Phi) is 5.46. The molecule has 0 unspecified atom stereocenters. The average Bonchev–Trinajstić information content (AvgIpc) is 3.31. The van der Waals surface area contributed by atoms with E-state index in [2.05, 4.69) is 6.07 Å². The van der Waals surface area contributed by atoms with Crippen molar-refractivity contribution < 1.29 is 17.9 Å². The fourth-order valence-corrected chi connectivity index (χ4v) is 5.97. The first-order valence-corrected chi connectivity index (χ1v) is 12.4. The molecule has 1 aromatic heterocycles. The molecule has 0 bridgehead atoms. The number of aromatic nitrogens is 1. The zero-order valence-corrected chi connectivity index (χ0v) is 19.0. The Morgan fingerprint density at radius 3 is 2.63 bits per heavy atom. The normalized spacial score (nSPS) is 15.9. The lowest BCUT2D eigenvalue weighted by Gasteiger charge is -2.21. The van der Waals surface area contributed by atoms with Crippen LogP contribution in [0.4, 0.5) is 5.69 Å². The standard InChI is InChI=1S/C22H24N2O4S2/c1-5-28-20-9-7-16(12-21(20)27-3)22-23-18(13-29-22)15-6-8-19-17(11-15)10-14(2)24(19)30(4,25)26/h6-9,11-14H,5,10H2,1-4H3/t14-/m0/s1. The number of anilines is 1. The summed E-state index contributed by atoms with van der Waals surface area (Å²) in [6.07, 6.45) is 1.95. The fourth-order valence-electron chi connectivity index (χ4n) is 3.88. The van der Waals surface area contributed by atoms with Crippen LogP contribution in [0.5, 0.6) is 11.5 Å². The number of thiazole rings is 1. The average molecular weight is 445 g/mol. The van der Waals surface area contributed by atoms with Crippen LogP contribution >= 0.6 is 11.3 Å². The lowest BCUT2D eigenvalue weighted by molar-refractivity contribution is 0.311. The molecule has 6 nitrogen and oxygen atoms in total. The number of nitrogens with zero attached hydrogens (tertiary/aromatic N) is 2. The van der Waals surface area contributed by atoms with Gasteiger partial charge in [-0.25, -0.2) is 13.4 Å². The smallest absolute Gasteiger partial charge is 0.232 e. The van der Waals surface area contributed by atoms with Gasteiger partial charge in [0.25, 0.3) is 0 Å². The molecule has 0 saturated heterocycles. The summed E-state index contributed by atoms with van der Waals surface area (Å²) in [7, 11) is -1.67. The Balaban J connectivity index is 1.65. The van der Waals surface area contributed by atoms with Crippen LogP contribution in [0.1, 0.15) is 19.4 Å². The molecular weight excluding hydrogens is 420 g/mol. The second kappa shape index (κ2) is 7.92. The van der Waals surface area contributed by atoms with Crippen LogP contribution in [-0.2, 0) is 16.4 Å². The minimum Gasteiger partial charge on any atom is -0.493 e. The third-order valence-corrected chi connectivity index (χ3v) is 7.26. The van der Waals surface area contributed by atoms with Crippen molar-refractivity contribution in [3.05, 3.63) is 47.3 Å². The molecule has 158 valence electrons. The van der Waals surface area contributed by atoms with E-state index in [1.807, 2.05) is 49.6 Å². The molecule has 1 atom stereocenters. The first-order valence-electron chi connectivity index (χ1n) is 9.71. The molecule has 1 aliphatic heterocycles. The molecule has 8 heteroatoms. The minimum atomic E-state index is -3.29. The molecule has 0 aliphatic carbocycles. The molecule has 30 heavy (non-hydrogen) atoms. The maximum Gasteiger partial charge on any atom is 0.232 e. The van der Waals surface area contributed by atoms with Gasteiger partial charge in [0.05, 0.1) is 31.4 Å². The molecule has 0 saturated carbocycles. The van der Waals surface area contributed by atoms with E-state index >= 15 is 0 Å². The number of fused-ring (bicyclic) bond motifs is 1. The van der Waals surface area contributed by atoms with Crippen LogP contribution in [0, 0.1) is 0 Å². The molecule has 2 aromatic carbocycles. The maximum atomic E-state index is 12.1. The van der Waals surface area contributed by atoms with Crippen molar-refractivity contribution in [3.63, 3.8) is 0 Å². The molecule has 0 radical (unpaired) electrons. The van der Waals surface area contributed by atoms with Gasteiger partial charge in [-0.1, -0.05) is 6.07 Å². The van der Waals surface area contributed by atoms with Crippen LogP contribution in [0.2, 0.25) is 0 Å². The number of ether oxygens (including phenoxy) is 2. The molecule has 0 amide bonds. The summed E-state index contributed by atoms with van der Waals surface area (Å²) in [5, 5.41) is 2.91. The van der Waals surface area contributed by atoms with Gasteiger partial charge in [0.15, 0.2) is 11.5 Å². The zero-order valence-electron chi connectivity index (χ0n) is 17.4. The van der Waals surface area contributed by atoms with Gasteiger partial charge in [0, 0.05) is 22.5 Å². The molecular formula is C22H24N2O4S2. The van der Waals surface area contributed by atoms with E-state index in [1.54, 1.807) is 18.4 Å². The maximum absolute atomic E-state index is 12.1. The topological polar surface area (TPSA) is 68.7 Å². The van der Waals surface area contributed by atoms with Crippen molar-refractivity contribution in [2.24, 2.45) is 0 Å². The highest BCUT2D eigenvalue weighted by molar-refractivity contribution is 7.92. The van der Waals surface area contributed by atoms with E-state index in [0.717, 1.165) is 33.1 Å². The van der Waals surface area contributed by atoms with E-state index in [1.165, 1.54) is 10.6 Å². The highest BCUT2D eigenvalue weighted by atomic mass is 32.2. The molecule has 0 spiro atoms. The Labute approximate surface area is 181 Å². The van der Waals surface area contributed by atoms with E-state index in [4.69, 9.17) is 14.5 Å². The predicted molar refractivity (Wildman–Crippen MR) is 121 cm³/mol. The monoisotopic (exact) mass is 444 g/mol. The zero-order chi connectivity index (χ0) is 21.5. The summed E-state index contributed by atoms with van der Waals surface area (Å²) in [4.78, 5) is 4.80. The fraction of sp³-hybridized carbons (Fsp3) is 0.318. The first kappa shape index (κ1) is 20.7. The van der Waals surface area contributed by atoms with Gasteiger partial charge < -0.3 is 9.47 Å². The molecule has 0 N–H and O–H groups in total. The van der Waals surface area contributed by atoms with Crippen LogP contribution in [0.25, 0.3) is 21.8 Å². The van der Waals surface area contributed by atoms with Crippen molar-refractivity contribution in [1.82, 2.24) is 4.98 Å². The molecule has 2 heterocycles. The second-order valence-corrected chi connectivity index (χ2v) is 10.0. The summed E-state index contributed by atoms with van der Waals surface area (Å²) >= 11 is 1.56. The Morgan fingerprint density at radius 1 is 1.17 bits per heavy atom. The van der Waals surface area contributed by atoms with E-state index in [0.29, 0.717) is 24.5 Å². The number of sulfonamides is 1. The Hall–Kier alpha value is -2.58. The van der Waals surface area contributed by atoms with Crippen LogP contribution in [0.15, 0.2) is 41.8 Å². The van der Waals surface area contributed by atoms with Crippen LogP contribution < -0.4 is 13.8 Å². The van der Waals surface area contributed by atoms with Gasteiger partial charge in [-0.05, 0) is 56.2 Å². The summed E-state index contributed by atoms with van der Waals surface area (Å²) < 4.78 is 36.8. The van der Waals surface area contributed by atoms with Crippen LogP contribution in [-0.4, -0.2) is 39.4 Å². The number of methoxy groups -OCH3 is 1. The lowest BCUT2D eigenvalue weighted by atomic mass is 10.1. The van der Waals surface area contributed by atoms with E-state index < -0.39 is 10.0 Å². The quantitative estimate of drug-likeness (QED) is 0.556. The van der Waals surface area contributed by atoms with Gasteiger partial charge in [-0.15, -0.1) is 11.3 Å². The van der Waals surface area contributed by atoms with Gasteiger partial charge in [0.2, 0.25) is 10.0 Å². The number of hydrogen-bond donors (Lipinski definition) is 0. The molecule has 4 rings (SSSR count). The first-order chi connectivity index (χ1) is 14.3. The van der Waals surface area contributed by atoms with Gasteiger partial charge in [-0.2, -0.15) is 0 Å². The molecule has 0 fully saturated rings. The predicted octanol–water partition coefficient (Wildman–Crippen LogP) is 4.60. The van der Waals surface area contributed by atoms with Crippen LogP contribution in [0.3, 0.4) is 0 Å². The second-order valence-electron chi connectivity index (χ2n) is 7.29. The number of hydrogen-bond acceptors (Lipinski definition) is 6. The summed E-state index contributed by atoms with van der Waals surface area (Å²) in [5.74, 6) is 1.39. The van der Waals surface area contributed by atoms with E-state index in [-0.39, 0.29) is 6.04 Å². The van der Waals surface area contributed by atoms with Crippen molar-refractivity contribution in [3.8, 4) is 33.3 Å². The third-order valence-electron chi connectivity index (χ3n) is 5.10. The molecule has 3 aromatic rings.